The maximum atomic E-state index is 13.3. The minimum absolute atomic E-state index is 0.0151. The van der Waals surface area contributed by atoms with Crippen molar-refractivity contribution in [2.75, 3.05) is 26.2 Å². The van der Waals surface area contributed by atoms with E-state index in [-0.39, 0.29) is 53.5 Å². The zero-order valence-electron chi connectivity index (χ0n) is 23.1. The van der Waals surface area contributed by atoms with Crippen molar-refractivity contribution in [3.05, 3.63) is 74.3 Å². The average Bonchev–Trinajstić information content (AvgIpc) is 3.45. The van der Waals surface area contributed by atoms with E-state index in [1.807, 2.05) is 6.07 Å². The third-order valence-electron chi connectivity index (χ3n) is 7.50. The van der Waals surface area contributed by atoms with Crippen molar-refractivity contribution in [1.82, 2.24) is 30.7 Å². The number of hydrogen-bond donors (Lipinski definition) is 6. The van der Waals surface area contributed by atoms with E-state index in [1.165, 1.54) is 4.90 Å². The maximum absolute atomic E-state index is 13.3. The molecule has 5 rings (SSSR count). The summed E-state index contributed by atoms with van der Waals surface area (Å²) < 4.78 is 0. The number of H-pyrrole nitrogens is 1. The van der Waals surface area contributed by atoms with Gasteiger partial charge in [0.15, 0.2) is 0 Å². The second kappa shape index (κ2) is 13.1. The van der Waals surface area contributed by atoms with Gasteiger partial charge in [-0.15, -0.1) is 0 Å². The zero-order valence-corrected chi connectivity index (χ0v) is 24.6. The van der Waals surface area contributed by atoms with Gasteiger partial charge in [-0.3, -0.25) is 14.7 Å². The fourth-order valence-electron chi connectivity index (χ4n) is 5.36. The molecule has 3 atom stereocenters. The molecule has 0 radical (unpaired) electrons. The van der Waals surface area contributed by atoms with Gasteiger partial charge in [-0.25, -0.2) is 9.79 Å². The number of piperidine rings is 1. The van der Waals surface area contributed by atoms with Crippen LogP contribution in [0.15, 0.2) is 35.5 Å². The number of fused-ring (bicyclic) bond motifs is 2. The number of β-amino-alcohol motifs (C(OH)–C–C–N with tert-alkyl or cyclic N) is 2. The second-order valence-corrected chi connectivity index (χ2v) is 11.3. The fourth-order valence-corrected chi connectivity index (χ4v) is 6.12. The lowest BCUT2D eigenvalue weighted by Gasteiger charge is -2.33. The summed E-state index contributed by atoms with van der Waals surface area (Å²) in [5, 5.41) is 39.9. The van der Waals surface area contributed by atoms with E-state index in [0.29, 0.717) is 29.7 Å². The van der Waals surface area contributed by atoms with Crippen molar-refractivity contribution in [1.29, 1.82) is 0 Å². The van der Waals surface area contributed by atoms with Crippen LogP contribution in [0.2, 0.25) is 10.0 Å². The zero-order chi connectivity index (χ0) is 31.5. The van der Waals surface area contributed by atoms with Crippen LogP contribution in [-0.4, -0.2) is 103 Å². The number of carbonyl (C=O) groups is 3. The van der Waals surface area contributed by atoms with Crippen molar-refractivity contribution in [3.63, 3.8) is 0 Å². The predicted molar refractivity (Wildman–Crippen MR) is 160 cm³/mol. The van der Waals surface area contributed by atoms with Gasteiger partial charge < -0.3 is 30.4 Å². The molecule has 0 aliphatic carbocycles. The van der Waals surface area contributed by atoms with Gasteiger partial charge in [0, 0.05) is 43.5 Å². The van der Waals surface area contributed by atoms with Gasteiger partial charge in [0.1, 0.15) is 6.04 Å². The van der Waals surface area contributed by atoms with Crippen molar-refractivity contribution < 1.29 is 29.7 Å². The molecule has 14 nitrogen and oxygen atoms in total. The van der Waals surface area contributed by atoms with Crippen molar-refractivity contribution in [2.24, 2.45) is 4.99 Å². The van der Waals surface area contributed by atoms with Crippen LogP contribution in [0.4, 0.5) is 0 Å². The minimum Gasteiger partial charge on any atom is -0.480 e. The molecule has 3 aromatic rings. The Kier molecular flexibility index (Phi) is 9.21. The Morgan fingerprint density at radius 2 is 1.93 bits per heavy atom. The number of aliphatic hydroxyl groups excluding tert-OH is 2. The molecule has 2 aliphatic rings. The number of aliphatic imine (C=N–C) groups is 1. The number of carboxylic acids is 1. The third-order valence-corrected chi connectivity index (χ3v) is 8.21. The number of aliphatic hydroxyl groups is 2. The molecular weight excluding hydrogens is 615 g/mol. The molecule has 230 valence electrons. The molecule has 16 heteroatoms. The smallest absolute Gasteiger partial charge is 0.328 e. The van der Waals surface area contributed by atoms with Crippen LogP contribution >= 0.6 is 23.2 Å². The molecule has 1 fully saturated rings. The summed E-state index contributed by atoms with van der Waals surface area (Å²) in [7, 11) is 0. The van der Waals surface area contributed by atoms with Crippen molar-refractivity contribution in [3.8, 4) is 0 Å². The standard InChI is InChI=1S/C28H28Cl2N8O6/c1-31-36-28(38-12-17(39)8-18(40)13-38)32-10-22(27(43)44)34-25(41)23-20(29)6-16-11-37(5-4-19(16)24(23)30)26(42)14-2-3-15-9-33-35-21(15)7-14/h2-3,6-7,9,17-18,22,39-40H,4-5,8,10-13H2,(H,32,36)(H,33,35)(H,34,41)(H,43,44)/t17-,18+,22-/m0/s1. The first-order valence-electron chi connectivity index (χ1n) is 13.6. The quantitative estimate of drug-likeness (QED) is 0.100. The predicted octanol–water partition coefficient (Wildman–Crippen LogP) is 1.46. The Bertz CT molecular complexity index is 1680. The molecule has 2 amide bonds. The molecule has 3 heterocycles. The molecule has 6 N–H and O–H groups in total. The number of amides is 2. The lowest BCUT2D eigenvalue weighted by atomic mass is 9.96. The minimum atomic E-state index is -1.52. The van der Waals surface area contributed by atoms with E-state index in [4.69, 9.17) is 29.8 Å². The number of carbonyl (C=O) groups excluding carboxylic acids is 2. The first-order valence-corrected chi connectivity index (χ1v) is 14.3. The molecule has 1 aromatic heterocycles. The van der Waals surface area contributed by atoms with Gasteiger partial charge in [0.2, 0.25) is 0 Å². The summed E-state index contributed by atoms with van der Waals surface area (Å²) in [5.41, 5.74) is 4.74. The third kappa shape index (κ3) is 6.56. The molecule has 0 saturated carbocycles. The topological polar surface area (TPSA) is 188 Å². The molecule has 44 heavy (non-hydrogen) atoms. The average molecular weight is 643 g/mol. The van der Waals surface area contributed by atoms with Crippen molar-refractivity contribution in [2.45, 2.75) is 37.6 Å². The molecule has 2 aliphatic heterocycles. The van der Waals surface area contributed by atoms with Crippen LogP contribution in [0.5, 0.6) is 0 Å². The van der Waals surface area contributed by atoms with E-state index in [9.17, 15) is 29.7 Å². The number of nitrogens with zero attached hydrogens (tertiary/aromatic N) is 5. The number of aromatic nitrogens is 2. The van der Waals surface area contributed by atoms with E-state index in [0.717, 1.165) is 10.9 Å². The van der Waals surface area contributed by atoms with Crippen LogP contribution in [0.25, 0.3) is 15.9 Å². The number of hydrogen-bond acceptors (Lipinski definition) is 7. The van der Waals surface area contributed by atoms with Crippen LogP contribution in [-0.2, 0) is 17.8 Å². The largest absolute Gasteiger partial charge is 0.480 e. The highest BCUT2D eigenvalue weighted by Gasteiger charge is 2.31. The summed E-state index contributed by atoms with van der Waals surface area (Å²) in [6, 6.07) is 5.30. The summed E-state index contributed by atoms with van der Waals surface area (Å²) in [6.45, 7) is 7.34. The SMILES string of the molecule is [C-]#[N+]NC(=NC[C@H](NC(=O)c1c(Cl)cc2c(c1Cl)CCN(C(=O)c1ccc3cn[nH]c3c1)C2)C(=O)O)N1C[C@H](O)C[C@H](O)C1. The number of guanidine groups is 1. The van der Waals surface area contributed by atoms with Crippen LogP contribution < -0.4 is 10.7 Å². The second-order valence-electron chi connectivity index (χ2n) is 10.5. The Morgan fingerprint density at radius 3 is 2.64 bits per heavy atom. The van der Waals surface area contributed by atoms with Gasteiger partial charge in [0.25, 0.3) is 17.8 Å². The normalized spacial score (nSPS) is 19.2. The highest BCUT2D eigenvalue weighted by Crippen LogP contribution is 2.35. The first-order chi connectivity index (χ1) is 21.0. The Balaban J connectivity index is 1.31. The van der Waals surface area contributed by atoms with Crippen LogP contribution in [0, 0.1) is 6.57 Å². The molecule has 1 saturated heterocycles. The van der Waals surface area contributed by atoms with Crippen molar-refractivity contribution >= 4 is 57.8 Å². The highest BCUT2D eigenvalue weighted by molar-refractivity contribution is 6.40. The lowest BCUT2D eigenvalue weighted by Crippen LogP contribution is -2.52. The first kappa shape index (κ1) is 31.0. The number of carboxylic acid groups (broad SMARTS) is 1. The fraction of sp³-hybridized carbons (Fsp3) is 0.357. The maximum Gasteiger partial charge on any atom is 0.328 e. The van der Waals surface area contributed by atoms with Gasteiger partial charge in [-0.1, -0.05) is 34.7 Å². The number of halogens is 2. The number of likely N-dealkylation sites (tertiary alicyclic amines) is 1. The van der Waals surface area contributed by atoms with E-state index < -0.39 is 36.7 Å². The number of rotatable bonds is 6. The summed E-state index contributed by atoms with van der Waals surface area (Å²) in [4.78, 5) is 48.8. The summed E-state index contributed by atoms with van der Waals surface area (Å²) in [5.74, 6) is -2.46. The monoisotopic (exact) mass is 642 g/mol. The lowest BCUT2D eigenvalue weighted by molar-refractivity contribution is -0.138. The van der Waals surface area contributed by atoms with Gasteiger partial charge >= 0.3 is 5.97 Å². The molecule has 0 unspecified atom stereocenters. The Morgan fingerprint density at radius 1 is 1.18 bits per heavy atom. The number of nitrogens with one attached hydrogen (secondary N) is 3. The number of benzene rings is 2. The number of aliphatic carboxylic acids is 1. The molecule has 0 bridgehead atoms. The molecule has 0 spiro atoms. The Hall–Kier alpha value is -4.42. The molecule has 2 aromatic carbocycles. The van der Waals surface area contributed by atoms with E-state index >= 15 is 0 Å². The molecular formula is C28H28Cl2N8O6. The van der Waals surface area contributed by atoms with E-state index in [2.05, 4.69) is 30.9 Å². The summed E-state index contributed by atoms with van der Waals surface area (Å²) >= 11 is 13.1. The number of aromatic amines is 1. The highest BCUT2D eigenvalue weighted by atomic mass is 35.5. The van der Waals surface area contributed by atoms with Gasteiger partial charge in [-0.05, 0) is 35.7 Å². The van der Waals surface area contributed by atoms with E-state index in [1.54, 1.807) is 29.3 Å². The van der Waals surface area contributed by atoms with Gasteiger partial charge in [0.05, 0.1) is 46.1 Å². The van der Waals surface area contributed by atoms with Crippen LogP contribution in [0.1, 0.15) is 38.3 Å². The van der Waals surface area contributed by atoms with Gasteiger partial charge in [-0.2, -0.15) is 16.6 Å². The summed E-state index contributed by atoms with van der Waals surface area (Å²) in [6.07, 6.45) is 0.444. The Labute approximate surface area is 261 Å². The van der Waals surface area contributed by atoms with Crippen LogP contribution in [0.3, 0.4) is 0 Å².